The molecule has 0 saturated heterocycles. The van der Waals surface area contributed by atoms with Crippen molar-refractivity contribution in [3.05, 3.63) is 30.3 Å². The summed E-state index contributed by atoms with van der Waals surface area (Å²) in [6.45, 7) is 1.01. The Labute approximate surface area is 105 Å². The van der Waals surface area contributed by atoms with Gasteiger partial charge in [-0.25, -0.2) is 14.4 Å². The quantitative estimate of drug-likeness (QED) is 0.771. The van der Waals surface area contributed by atoms with Gasteiger partial charge in [-0.05, 0) is 31.4 Å². The average molecular weight is 249 g/mol. The van der Waals surface area contributed by atoms with E-state index in [2.05, 4.69) is 15.3 Å². The molecule has 0 unspecified atom stereocenters. The highest BCUT2D eigenvalue weighted by atomic mass is 19.1. The lowest BCUT2D eigenvalue weighted by Gasteiger charge is -2.07. The first-order valence-corrected chi connectivity index (χ1v) is 6.06. The van der Waals surface area contributed by atoms with Crippen LogP contribution in [0.1, 0.15) is 19.3 Å². The minimum absolute atomic E-state index is 0.232. The standard InChI is InChI=1S/C13H16FN3O/c14-10-4-5-11-12(8-10)16-9-17-13(11)15-6-2-1-3-7-18/h4-5,8-9,18H,1-3,6-7H2,(H,15,16,17). The monoisotopic (exact) mass is 249 g/mol. The summed E-state index contributed by atoms with van der Waals surface area (Å²) >= 11 is 0. The topological polar surface area (TPSA) is 58.0 Å². The number of hydrogen-bond donors (Lipinski definition) is 2. The third kappa shape index (κ3) is 3.13. The summed E-state index contributed by atoms with van der Waals surface area (Å²) in [6.07, 6.45) is 4.18. The number of aliphatic hydroxyl groups excluding tert-OH is 1. The number of nitrogens with zero attached hydrogens (tertiary/aromatic N) is 2. The number of halogens is 1. The Morgan fingerprint density at radius 2 is 2.06 bits per heavy atom. The zero-order chi connectivity index (χ0) is 12.8. The second kappa shape index (κ2) is 6.26. The molecular weight excluding hydrogens is 233 g/mol. The van der Waals surface area contributed by atoms with Crippen LogP contribution in [0.4, 0.5) is 10.2 Å². The molecule has 1 heterocycles. The SMILES string of the molecule is OCCCCCNc1ncnc2cc(F)ccc12. The first-order chi connectivity index (χ1) is 8.81. The van der Waals surface area contributed by atoms with Gasteiger partial charge in [0.1, 0.15) is 18.0 Å². The van der Waals surface area contributed by atoms with Crippen LogP contribution in [-0.2, 0) is 0 Å². The van der Waals surface area contributed by atoms with Gasteiger partial charge in [0.2, 0.25) is 0 Å². The van der Waals surface area contributed by atoms with Crippen LogP contribution in [0.3, 0.4) is 0 Å². The van der Waals surface area contributed by atoms with Gasteiger partial charge in [-0.3, -0.25) is 0 Å². The Bertz CT molecular complexity index is 519. The maximum absolute atomic E-state index is 13.1. The maximum Gasteiger partial charge on any atom is 0.137 e. The van der Waals surface area contributed by atoms with E-state index in [9.17, 15) is 4.39 Å². The Hall–Kier alpha value is -1.75. The van der Waals surface area contributed by atoms with Gasteiger partial charge in [0.15, 0.2) is 0 Å². The fourth-order valence-electron chi connectivity index (χ4n) is 1.79. The molecule has 0 spiro atoms. The Morgan fingerprint density at radius 1 is 1.17 bits per heavy atom. The number of fused-ring (bicyclic) bond motifs is 1. The normalized spacial score (nSPS) is 10.8. The molecule has 1 aromatic heterocycles. The molecule has 2 aromatic rings. The molecule has 0 aliphatic rings. The van der Waals surface area contributed by atoms with Crippen LogP contribution < -0.4 is 5.32 Å². The van der Waals surface area contributed by atoms with E-state index in [1.807, 2.05) is 0 Å². The molecule has 18 heavy (non-hydrogen) atoms. The van der Waals surface area contributed by atoms with Gasteiger partial charge in [0.05, 0.1) is 5.52 Å². The third-order valence-corrected chi connectivity index (χ3v) is 2.73. The van der Waals surface area contributed by atoms with Crippen LogP contribution in [0, 0.1) is 5.82 Å². The van der Waals surface area contributed by atoms with Crippen LogP contribution in [0.2, 0.25) is 0 Å². The van der Waals surface area contributed by atoms with Crippen molar-refractivity contribution in [2.75, 3.05) is 18.5 Å². The zero-order valence-electron chi connectivity index (χ0n) is 10.1. The predicted octanol–water partition coefficient (Wildman–Crippen LogP) is 2.34. The van der Waals surface area contributed by atoms with E-state index in [1.165, 1.54) is 18.5 Å². The summed E-state index contributed by atoms with van der Waals surface area (Å²) in [4.78, 5) is 8.20. The summed E-state index contributed by atoms with van der Waals surface area (Å²) in [7, 11) is 0. The van der Waals surface area contributed by atoms with Crippen molar-refractivity contribution in [3.63, 3.8) is 0 Å². The number of aliphatic hydroxyl groups is 1. The molecule has 0 amide bonds. The average Bonchev–Trinajstić information content (AvgIpc) is 2.38. The van der Waals surface area contributed by atoms with Crippen LogP contribution in [0.5, 0.6) is 0 Å². The number of hydrogen-bond acceptors (Lipinski definition) is 4. The van der Waals surface area contributed by atoms with Crippen LogP contribution in [0.15, 0.2) is 24.5 Å². The second-order valence-corrected chi connectivity index (χ2v) is 4.09. The third-order valence-electron chi connectivity index (χ3n) is 2.73. The number of rotatable bonds is 6. The van der Waals surface area contributed by atoms with E-state index in [0.717, 1.165) is 37.0 Å². The van der Waals surface area contributed by atoms with Gasteiger partial charge >= 0.3 is 0 Å². The van der Waals surface area contributed by atoms with Crippen molar-refractivity contribution >= 4 is 16.7 Å². The number of anilines is 1. The van der Waals surface area contributed by atoms with Crippen molar-refractivity contribution in [3.8, 4) is 0 Å². The molecule has 1 aromatic carbocycles. The molecule has 96 valence electrons. The highest BCUT2D eigenvalue weighted by Crippen LogP contribution is 2.19. The molecular formula is C13H16FN3O. The minimum Gasteiger partial charge on any atom is -0.396 e. The number of aromatic nitrogens is 2. The molecule has 2 N–H and O–H groups in total. The fraction of sp³-hybridized carbons (Fsp3) is 0.385. The lowest BCUT2D eigenvalue weighted by molar-refractivity contribution is 0.283. The summed E-state index contributed by atoms with van der Waals surface area (Å²) in [5.74, 6) is 0.430. The van der Waals surface area contributed by atoms with E-state index >= 15 is 0 Å². The number of benzene rings is 1. The van der Waals surface area contributed by atoms with Crippen LogP contribution >= 0.6 is 0 Å². The van der Waals surface area contributed by atoms with Crippen molar-refractivity contribution in [2.24, 2.45) is 0 Å². The molecule has 0 radical (unpaired) electrons. The van der Waals surface area contributed by atoms with Gasteiger partial charge < -0.3 is 10.4 Å². The summed E-state index contributed by atoms with van der Waals surface area (Å²) in [6, 6.07) is 4.48. The highest BCUT2D eigenvalue weighted by Gasteiger charge is 2.03. The fourth-order valence-corrected chi connectivity index (χ4v) is 1.79. The number of nitrogens with one attached hydrogen (secondary N) is 1. The molecule has 0 aliphatic carbocycles. The van der Waals surface area contributed by atoms with Crippen LogP contribution in [0.25, 0.3) is 10.9 Å². The van der Waals surface area contributed by atoms with Gasteiger partial charge in [-0.15, -0.1) is 0 Å². The van der Waals surface area contributed by atoms with Crippen molar-refractivity contribution in [1.29, 1.82) is 0 Å². The van der Waals surface area contributed by atoms with Gasteiger partial charge in [0.25, 0.3) is 0 Å². The van der Waals surface area contributed by atoms with Crippen molar-refractivity contribution in [1.82, 2.24) is 9.97 Å². The molecule has 0 aliphatic heterocycles. The molecule has 0 saturated carbocycles. The summed E-state index contributed by atoms with van der Waals surface area (Å²) < 4.78 is 13.1. The van der Waals surface area contributed by atoms with E-state index in [4.69, 9.17) is 5.11 Å². The number of unbranched alkanes of at least 4 members (excludes halogenated alkanes) is 2. The van der Waals surface area contributed by atoms with E-state index < -0.39 is 0 Å². The Morgan fingerprint density at radius 3 is 2.89 bits per heavy atom. The van der Waals surface area contributed by atoms with Crippen molar-refractivity contribution < 1.29 is 9.50 Å². The van der Waals surface area contributed by atoms with E-state index in [-0.39, 0.29) is 12.4 Å². The molecule has 0 bridgehead atoms. The molecule has 5 heteroatoms. The van der Waals surface area contributed by atoms with E-state index in [0.29, 0.717) is 5.52 Å². The lowest BCUT2D eigenvalue weighted by atomic mass is 10.2. The summed E-state index contributed by atoms with van der Waals surface area (Å²) in [5.41, 5.74) is 0.600. The second-order valence-electron chi connectivity index (χ2n) is 4.09. The maximum atomic E-state index is 13.1. The lowest BCUT2D eigenvalue weighted by Crippen LogP contribution is -2.04. The van der Waals surface area contributed by atoms with Crippen LogP contribution in [-0.4, -0.2) is 28.2 Å². The molecule has 4 nitrogen and oxygen atoms in total. The van der Waals surface area contributed by atoms with Crippen molar-refractivity contribution in [2.45, 2.75) is 19.3 Å². The zero-order valence-corrected chi connectivity index (χ0v) is 10.1. The molecule has 0 atom stereocenters. The Kier molecular flexibility index (Phi) is 4.41. The molecule has 2 rings (SSSR count). The van der Waals surface area contributed by atoms with E-state index in [1.54, 1.807) is 6.07 Å². The largest absolute Gasteiger partial charge is 0.396 e. The minimum atomic E-state index is -0.296. The smallest absolute Gasteiger partial charge is 0.137 e. The van der Waals surface area contributed by atoms with Gasteiger partial charge in [-0.2, -0.15) is 0 Å². The molecule has 0 fully saturated rings. The van der Waals surface area contributed by atoms with Gasteiger partial charge in [0, 0.05) is 24.6 Å². The first-order valence-electron chi connectivity index (χ1n) is 6.06. The van der Waals surface area contributed by atoms with Gasteiger partial charge in [-0.1, -0.05) is 0 Å². The predicted molar refractivity (Wildman–Crippen MR) is 68.9 cm³/mol. The Balaban J connectivity index is 2.04. The first kappa shape index (κ1) is 12.7. The highest BCUT2D eigenvalue weighted by molar-refractivity contribution is 5.88. The summed E-state index contributed by atoms with van der Waals surface area (Å²) in [5, 5.41) is 12.7.